The molecular formula is C14H22O2. The van der Waals surface area contributed by atoms with Crippen LogP contribution in [0.4, 0.5) is 0 Å². The van der Waals surface area contributed by atoms with E-state index >= 15 is 0 Å². The van der Waals surface area contributed by atoms with Gasteiger partial charge < -0.3 is 9.84 Å². The van der Waals surface area contributed by atoms with Gasteiger partial charge in [-0.3, -0.25) is 0 Å². The highest BCUT2D eigenvalue weighted by atomic mass is 16.5. The predicted molar refractivity (Wildman–Crippen MR) is 66.4 cm³/mol. The highest BCUT2D eigenvalue weighted by Gasteiger charge is 2.28. The average molecular weight is 222 g/mol. The third-order valence-electron chi connectivity index (χ3n) is 2.66. The zero-order valence-corrected chi connectivity index (χ0v) is 10.3. The van der Waals surface area contributed by atoms with Crippen LogP contribution in [-0.4, -0.2) is 18.3 Å². The number of ether oxygens (including phenoxy) is 1. The molecule has 0 saturated carbocycles. The first-order valence-electron chi connectivity index (χ1n) is 6.08. The minimum atomic E-state index is -0.828. The van der Waals surface area contributed by atoms with Crippen LogP contribution in [0.1, 0.15) is 38.7 Å². The van der Waals surface area contributed by atoms with Gasteiger partial charge in [-0.15, -0.1) is 0 Å². The maximum atomic E-state index is 10.6. The molecule has 0 aliphatic carbocycles. The maximum absolute atomic E-state index is 10.6. The zero-order valence-electron chi connectivity index (χ0n) is 10.3. The molecule has 1 unspecified atom stereocenters. The number of hydrogen-bond donors (Lipinski definition) is 1. The van der Waals surface area contributed by atoms with Gasteiger partial charge in [-0.2, -0.15) is 0 Å². The van der Waals surface area contributed by atoms with Crippen molar-refractivity contribution in [2.45, 2.75) is 38.7 Å². The van der Waals surface area contributed by atoms with E-state index in [-0.39, 0.29) is 0 Å². The van der Waals surface area contributed by atoms with Crippen LogP contribution < -0.4 is 0 Å². The largest absolute Gasteiger partial charge is 0.383 e. The standard InChI is InChI=1S/C14H22O2/c1-3-10-14(15,12-16-11-4-2)13-8-6-5-7-9-13/h5-9,15H,3-4,10-12H2,1-2H3. The van der Waals surface area contributed by atoms with E-state index in [0.717, 1.165) is 24.8 Å². The quantitative estimate of drug-likeness (QED) is 0.718. The van der Waals surface area contributed by atoms with Crippen LogP contribution in [0, 0.1) is 0 Å². The van der Waals surface area contributed by atoms with Crippen molar-refractivity contribution in [3.63, 3.8) is 0 Å². The Bertz CT molecular complexity index is 284. The summed E-state index contributed by atoms with van der Waals surface area (Å²) in [4.78, 5) is 0. The summed E-state index contributed by atoms with van der Waals surface area (Å²) >= 11 is 0. The normalized spacial score (nSPS) is 14.7. The molecule has 0 radical (unpaired) electrons. The summed E-state index contributed by atoms with van der Waals surface area (Å²) in [7, 11) is 0. The van der Waals surface area contributed by atoms with E-state index in [4.69, 9.17) is 4.74 Å². The smallest absolute Gasteiger partial charge is 0.113 e. The van der Waals surface area contributed by atoms with Crippen molar-refractivity contribution >= 4 is 0 Å². The Labute approximate surface area is 98.3 Å². The van der Waals surface area contributed by atoms with Gasteiger partial charge >= 0.3 is 0 Å². The molecule has 0 bridgehead atoms. The van der Waals surface area contributed by atoms with Crippen LogP contribution in [-0.2, 0) is 10.3 Å². The van der Waals surface area contributed by atoms with E-state index < -0.39 is 5.60 Å². The molecule has 0 aliphatic rings. The zero-order chi connectivity index (χ0) is 11.9. The second-order valence-corrected chi connectivity index (χ2v) is 4.20. The van der Waals surface area contributed by atoms with Crippen LogP contribution in [0.15, 0.2) is 30.3 Å². The van der Waals surface area contributed by atoms with E-state index in [0.29, 0.717) is 13.2 Å². The predicted octanol–water partition coefficient (Wildman–Crippen LogP) is 3.10. The van der Waals surface area contributed by atoms with Crippen molar-refractivity contribution in [3.05, 3.63) is 35.9 Å². The Morgan fingerprint density at radius 3 is 2.38 bits per heavy atom. The molecule has 0 fully saturated rings. The summed E-state index contributed by atoms with van der Waals surface area (Å²) in [5.41, 5.74) is 0.124. The summed E-state index contributed by atoms with van der Waals surface area (Å²) in [5, 5.41) is 10.6. The lowest BCUT2D eigenvalue weighted by molar-refractivity contribution is -0.0569. The molecule has 1 N–H and O–H groups in total. The number of hydrogen-bond acceptors (Lipinski definition) is 2. The van der Waals surface area contributed by atoms with E-state index in [1.165, 1.54) is 0 Å². The van der Waals surface area contributed by atoms with Gasteiger partial charge in [0.05, 0.1) is 6.61 Å². The van der Waals surface area contributed by atoms with Crippen LogP contribution in [0.3, 0.4) is 0 Å². The summed E-state index contributed by atoms with van der Waals surface area (Å²) in [5.74, 6) is 0. The average Bonchev–Trinajstić information content (AvgIpc) is 2.31. The fraction of sp³-hybridized carbons (Fsp3) is 0.571. The third-order valence-corrected chi connectivity index (χ3v) is 2.66. The second-order valence-electron chi connectivity index (χ2n) is 4.20. The third kappa shape index (κ3) is 3.62. The topological polar surface area (TPSA) is 29.5 Å². The van der Waals surface area contributed by atoms with Crippen molar-refractivity contribution in [1.29, 1.82) is 0 Å². The Morgan fingerprint density at radius 2 is 1.81 bits per heavy atom. The highest BCUT2D eigenvalue weighted by Crippen LogP contribution is 2.26. The Hall–Kier alpha value is -0.860. The first kappa shape index (κ1) is 13.2. The van der Waals surface area contributed by atoms with Crippen molar-refractivity contribution in [1.82, 2.24) is 0 Å². The van der Waals surface area contributed by atoms with Gasteiger partial charge in [-0.05, 0) is 18.4 Å². The molecule has 0 aliphatic heterocycles. The van der Waals surface area contributed by atoms with Crippen molar-refractivity contribution in [2.24, 2.45) is 0 Å². The summed E-state index contributed by atoms with van der Waals surface area (Å²) in [6, 6.07) is 9.80. The number of aliphatic hydroxyl groups is 1. The van der Waals surface area contributed by atoms with E-state index in [2.05, 4.69) is 13.8 Å². The van der Waals surface area contributed by atoms with Gasteiger partial charge in [-0.25, -0.2) is 0 Å². The Kier molecular flexibility index (Phi) is 5.50. The molecule has 0 spiro atoms. The lowest BCUT2D eigenvalue weighted by Crippen LogP contribution is -2.31. The fourth-order valence-electron chi connectivity index (χ4n) is 1.85. The lowest BCUT2D eigenvalue weighted by atomic mass is 9.90. The van der Waals surface area contributed by atoms with Crippen molar-refractivity contribution in [3.8, 4) is 0 Å². The molecule has 1 aromatic rings. The van der Waals surface area contributed by atoms with Crippen LogP contribution >= 0.6 is 0 Å². The second kappa shape index (κ2) is 6.66. The Morgan fingerprint density at radius 1 is 1.12 bits per heavy atom. The van der Waals surface area contributed by atoms with Crippen molar-refractivity contribution < 1.29 is 9.84 Å². The minimum Gasteiger partial charge on any atom is -0.383 e. The Balaban J connectivity index is 2.71. The first-order chi connectivity index (χ1) is 7.73. The van der Waals surface area contributed by atoms with E-state index in [1.807, 2.05) is 30.3 Å². The molecule has 2 heteroatoms. The van der Waals surface area contributed by atoms with E-state index in [1.54, 1.807) is 0 Å². The molecule has 1 atom stereocenters. The molecule has 16 heavy (non-hydrogen) atoms. The van der Waals surface area contributed by atoms with Gasteiger partial charge in [-0.1, -0.05) is 50.6 Å². The summed E-state index contributed by atoms with van der Waals surface area (Å²) in [6.45, 7) is 5.24. The molecule has 90 valence electrons. The lowest BCUT2D eigenvalue weighted by Gasteiger charge is -2.28. The fourth-order valence-corrected chi connectivity index (χ4v) is 1.85. The molecule has 0 aromatic heterocycles. The number of rotatable bonds is 7. The molecule has 0 heterocycles. The van der Waals surface area contributed by atoms with Gasteiger partial charge in [0.25, 0.3) is 0 Å². The molecule has 1 rings (SSSR count). The summed E-state index contributed by atoms with van der Waals surface area (Å²) in [6.07, 6.45) is 2.67. The molecule has 1 aromatic carbocycles. The highest BCUT2D eigenvalue weighted by molar-refractivity contribution is 5.22. The minimum absolute atomic E-state index is 0.388. The van der Waals surface area contributed by atoms with E-state index in [9.17, 15) is 5.11 Å². The molecular weight excluding hydrogens is 200 g/mol. The molecule has 0 saturated heterocycles. The van der Waals surface area contributed by atoms with Crippen LogP contribution in [0.25, 0.3) is 0 Å². The van der Waals surface area contributed by atoms with Crippen molar-refractivity contribution in [2.75, 3.05) is 13.2 Å². The monoisotopic (exact) mass is 222 g/mol. The number of benzene rings is 1. The molecule has 2 nitrogen and oxygen atoms in total. The SMILES string of the molecule is CCCOCC(O)(CCC)c1ccccc1. The van der Waals surface area contributed by atoms with Gasteiger partial charge in [0.2, 0.25) is 0 Å². The summed E-state index contributed by atoms with van der Waals surface area (Å²) < 4.78 is 5.50. The molecule has 0 amide bonds. The van der Waals surface area contributed by atoms with Crippen LogP contribution in [0.5, 0.6) is 0 Å². The van der Waals surface area contributed by atoms with Crippen LogP contribution in [0.2, 0.25) is 0 Å². The maximum Gasteiger partial charge on any atom is 0.113 e. The van der Waals surface area contributed by atoms with Gasteiger partial charge in [0.15, 0.2) is 0 Å². The van der Waals surface area contributed by atoms with Gasteiger partial charge in [0.1, 0.15) is 5.60 Å². The first-order valence-corrected chi connectivity index (χ1v) is 6.08. The van der Waals surface area contributed by atoms with Gasteiger partial charge in [0, 0.05) is 6.61 Å².